The zero-order chi connectivity index (χ0) is 13.0. The first-order chi connectivity index (χ1) is 8.66. The van der Waals surface area contributed by atoms with E-state index in [1.54, 1.807) is 16.9 Å². The topological polar surface area (TPSA) is 55.1 Å². The van der Waals surface area contributed by atoms with E-state index in [0.717, 1.165) is 17.2 Å². The molecule has 1 aromatic heterocycles. The van der Waals surface area contributed by atoms with Crippen molar-refractivity contribution in [2.24, 2.45) is 0 Å². The molecule has 0 spiro atoms. The van der Waals surface area contributed by atoms with E-state index < -0.39 is 11.8 Å². The molecule has 0 bridgehead atoms. The van der Waals surface area contributed by atoms with Crippen molar-refractivity contribution in [1.82, 2.24) is 9.78 Å². The van der Waals surface area contributed by atoms with E-state index >= 15 is 0 Å². The van der Waals surface area contributed by atoms with Crippen LogP contribution >= 0.6 is 11.8 Å². The molecule has 0 atom stereocenters. The first kappa shape index (κ1) is 12.6. The Hall–Kier alpha value is -1.82. The van der Waals surface area contributed by atoms with E-state index in [1.165, 1.54) is 23.9 Å². The minimum absolute atomic E-state index is 0.293. The van der Waals surface area contributed by atoms with Crippen LogP contribution in [0.15, 0.2) is 41.6 Å². The Morgan fingerprint density at radius 2 is 2.33 bits per heavy atom. The van der Waals surface area contributed by atoms with Crippen LogP contribution in [-0.4, -0.2) is 26.6 Å². The van der Waals surface area contributed by atoms with Crippen molar-refractivity contribution >= 4 is 17.7 Å². The fourth-order valence-corrected chi connectivity index (χ4v) is 2.33. The lowest BCUT2D eigenvalue weighted by atomic mass is 10.2. The lowest BCUT2D eigenvalue weighted by Gasteiger charge is -2.04. The van der Waals surface area contributed by atoms with Gasteiger partial charge in [-0.15, -0.1) is 11.8 Å². The molecule has 18 heavy (non-hydrogen) atoms. The van der Waals surface area contributed by atoms with Crippen LogP contribution in [0.3, 0.4) is 0 Å². The maximum atomic E-state index is 13.2. The molecule has 6 heteroatoms. The van der Waals surface area contributed by atoms with Gasteiger partial charge in [0.1, 0.15) is 5.82 Å². The first-order valence-electron chi connectivity index (χ1n) is 5.30. The predicted octanol–water partition coefficient (Wildman–Crippen LogP) is 2.51. The van der Waals surface area contributed by atoms with Gasteiger partial charge < -0.3 is 5.11 Å². The number of halogens is 1. The maximum Gasteiger partial charge on any atom is 0.338 e. The summed E-state index contributed by atoms with van der Waals surface area (Å²) in [7, 11) is 0. The van der Waals surface area contributed by atoms with Crippen molar-refractivity contribution in [3.05, 3.63) is 48.0 Å². The van der Waals surface area contributed by atoms with Crippen LogP contribution in [0, 0.1) is 5.82 Å². The highest BCUT2D eigenvalue weighted by Crippen LogP contribution is 2.21. The fourth-order valence-electron chi connectivity index (χ4n) is 1.45. The molecular formula is C12H11FN2O2S. The Morgan fingerprint density at radius 3 is 3.00 bits per heavy atom. The Morgan fingerprint density at radius 1 is 1.50 bits per heavy atom. The molecule has 2 aromatic rings. The van der Waals surface area contributed by atoms with Crippen molar-refractivity contribution in [3.63, 3.8) is 0 Å². The number of aromatic carboxylic acids is 1. The average molecular weight is 266 g/mol. The summed E-state index contributed by atoms with van der Waals surface area (Å²) in [5.41, 5.74) is -0.293. The zero-order valence-corrected chi connectivity index (χ0v) is 10.2. The molecule has 1 heterocycles. The molecule has 1 N–H and O–H groups in total. The number of thioether (sulfide) groups is 1. The summed E-state index contributed by atoms with van der Waals surface area (Å²) in [5, 5.41) is 12.9. The monoisotopic (exact) mass is 266 g/mol. The summed E-state index contributed by atoms with van der Waals surface area (Å²) in [6.45, 7) is 0.720. The van der Waals surface area contributed by atoms with Gasteiger partial charge in [-0.3, -0.25) is 4.68 Å². The summed E-state index contributed by atoms with van der Waals surface area (Å²) in [6.07, 6.45) is 3.55. The number of rotatable bonds is 5. The van der Waals surface area contributed by atoms with Crippen molar-refractivity contribution in [2.45, 2.75) is 11.4 Å². The van der Waals surface area contributed by atoms with E-state index in [4.69, 9.17) is 5.11 Å². The standard InChI is InChI=1S/C12H11FN2O2S/c13-11-3-2-9(8-10(11)12(16)17)18-7-6-15-5-1-4-14-15/h1-5,8H,6-7H2,(H,16,17). The molecule has 0 amide bonds. The zero-order valence-electron chi connectivity index (χ0n) is 9.41. The maximum absolute atomic E-state index is 13.2. The van der Waals surface area contributed by atoms with E-state index in [0.29, 0.717) is 0 Å². The molecule has 0 radical (unpaired) electrons. The summed E-state index contributed by atoms with van der Waals surface area (Å²) in [6, 6.07) is 5.95. The van der Waals surface area contributed by atoms with Crippen LogP contribution in [0.2, 0.25) is 0 Å². The number of carbonyl (C=O) groups is 1. The van der Waals surface area contributed by atoms with Crippen LogP contribution in [-0.2, 0) is 6.54 Å². The second-order valence-electron chi connectivity index (χ2n) is 3.56. The molecule has 0 aliphatic rings. The van der Waals surface area contributed by atoms with Crippen LogP contribution in [0.1, 0.15) is 10.4 Å². The van der Waals surface area contributed by atoms with Gasteiger partial charge in [-0.25, -0.2) is 9.18 Å². The lowest BCUT2D eigenvalue weighted by molar-refractivity contribution is 0.0691. The SMILES string of the molecule is O=C(O)c1cc(SCCn2cccn2)ccc1F. The third kappa shape index (κ3) is 3.10. The Kier molecular flexibility index (Phi) is 3.99. The molecular weight excluding hydrogens is 255 g/mol. The van der Waals surface area contributed by atoms with E-state index in [-0.39, 0.29) is 5.56 Å². The third-order valence-electron chi connectivity index (χ3n) is 2.32. The van der Waals surface area contributed by atoms with Crippen molar-refractivity contribution < 1.29 is 14.3 Å². The van der Waals surface area contributed by atoms with Crippen LogP contribution in [0.5, 0.6) is 0 Å². The molecule has 1 aromatic carbocycles. The van der Waals surface area contributed by atoms with E-state index in [1.807, 2.05) is 12.3 Å². The quantitative estimate of drug-likeness (QED) is 0.845. The number of aryl methyl sites for hydroxylation is 1. The lowest BCUT2D eigenvalue weighted by Crippen LogP contribution is -2.02. The Bertz CT molecular complexity index is 543. The minimum atomic E-state index is -1.25. The normalized spacial score (nSPS) is 10.5. The number of carboxylic acid groups (broad SMARTS) is 1. The van der Waals surface area contributed by atoms with Gasteiger partial charge in [-0.1, -0.05) is 0 Å². The molecule has 2 rings (SSSR count). The Balaban J connectivity index is 1.97. The highest BCUT2D eigenvalue weighted by atomic mass is 32.2. The van der Waals surface area contributed by atoms with Crippen molar-refractivity contribution in [1.29, 1.82) is 0 Å². The minimum Gasteiger partial charge on any atom is -0.478 e. The third-order valence-corrected chi connectivity index (χ3v) is 3.29. The summed E-state index contributed by atoms with van der Waals surface area (Å²) >= 11 is 1.47. The smallest absolute Gasteiger partial charge is 0.338 e. The number of hydrogen-bond acceptors (Lipinski definition) is 3. The highest BCUT2D eigenvalue weighted by Gasteiger charge is 2.10. The molecule has 0 saturated carbocycles. The van der Waals surface area contributed by atoms with Gasteiger partial charge in [0.15, 0.2) is 0 Å². The molecule has 0 fully saturated rings. The van der Waals surface area contributed by atoms with Gasteiger partial charge in [0, 0.05) is 23.0 Å². The van der Waals surface area contributed by atoms with Crippen LogP contribution in [0.4, 0.5) is 4.39 Å². The molecule has 0 unspecified atom stereocenters. The average Bonchev–Trinajstić information content (AvgIpc) is 2.84. The van der Waals surface area contributed by atoms with Crippen LogP contribution < -0.4 is 0 Å². The fraction of sp³-hybridized carbons (Fsp3) is 0.167. The summed E-state index contributed by atoms with van der Waals surface area (Å²) in [5.74, 6) is -1.22. The molecule has 0 saturated heterocycles. The largest absolute Gasteiger partial charge is 0.478 e. The molecule has 4 nitrogen and oxygen atoms in total. The van der Waals surface area contributed by atoms with Crippen molar-refractivity contribution in [3.8, 4) is 0 Å². The summed E-state index contributed by atoms with van der Waals surface area (Å²) < 4.78 is 14.9. The van der Waals surface area contributed by atoms with Crippen LogP contribution in [0.25, 0.3) is 0 Å². The van der Waals surface area contributed by atoms with Gasteiger partial charge in [0.2, 0.25) is 0 Å². The second-order valence-corrected chi connectivity index (χ2v) is 4.73. The number of carboxylic acids is 1. The Labute approximate surface area is 107 Å². The van der Waals surface area contributed by atoms with Gasteiger partial charge in [0.25, 0.3) is 0 Å². The number of nitrogens with zero attached hydrogens (tertiary/aromatic N) is 2. The molecule has 94 valence electrons. The molecule has 0 aliphatic heterocycles. The van der Waals surface area contributed by atoms with Gasteiger partial charge in [-0.05, 0) is 24.3 Å². The second kappa shape index (κ2) is 5.68. The van der Waals surface area contributed by atoms with E-state index in [2.05, 4.69) is 5.10 Å². The first-order valence-corrected chi connectivity index (χ1v) is 6.28. The van der Waals surface area contributed by atoms with Crippen molar-refractivity contribution in [2.75, 3.05) is 5.75 Å². The molecule has 0 aliphatic carbocycles. The number of hydrogen-bond donors (Lipinski definition) is 1. The predicted molar refractivity (Wildman–Crippen MR) is 66.3 cm³/mol. The highest BCUT2D eigenvalue weighted by molar-refractivity contribution is 7.99. The van der Waals surface area contributed by atoms with Gasteiger partial charge in [0.05, 0.1) is 12.1 Å². The summed E-state index contributed by atoms with van der Waals surface area (Å²) in [4.78, 5) is 11.5. The van der Waals surface area contributed by atoms with Gasteiger partial charge >= 0.3 is 5.97 Å². The van der Waals surface area contributed by atoms with Gasteiger partial charge in [-0.2, -0.15) is 5.10 Å². The number of aromatic nitrogens is 2. The van der Waals surface area contributed by atoms with E-state index in [9.17, 15) is 9.18 Å². The number of benzene rings is 1.